The molecule has 0 aliphatic rings. The maximum absolute atomic E-state index is 11.6. The van der Waals surface area contributed by atoms with Crippen LogP contribution in [0.3, 0.4) is 0 Å². The van der Waals surface area contributed by atoms with Crippen LogP contribution in [0, 0.1) is 0 Å². The fraction of sp³-hybridized carbons (Fsp3) is 0.462. The number of esters is 1. The van der Waals surface area contributed by atoms with Crippen molar-refractivity contribution in [1.82, 2.24) is 4.98 Å². The van der Waals surface area contributed by atoms with E-state index in [-0.39, 0.29) is 5.56 Å². The third kappa shape index (κ3) is 4.76. The highest BCUT2D eigenvalue weighted by atomic mass is 16.5. The second-order valence-corrected chi connectivity index (χ2v) is 3.77. The Morgan fingerprint density at radius 2 is 2.12 bits per heavy atom. The van der Waals surface area contributed by atoms with Gasteiger partial charge in [-0.25, -0.2) is 4.79 Å². The Balaban J connectivity index is 2.31. The zero-order chi connectivity index (χ0) is 12.5. The molecule has 1 rings (SSSR count). The van der Waals surface area contributed by atoms with Crippen LogP contribution >= 0.6 is 0 Å². The van der Waals surface area contributed by atoms with Crippen molar-refractivity contribution < 1.29 is 14.3 Å². The van der Waals surface area contributed by atoms with E-state index in [0.717, 1.165) is 25.7 Å². The van der Waals surface area contributed by atoms with Crippen LogP contribution in [0.15, 0.2) is 24.5 Å². The van der Waals surface area contributed by atoms with Crippen molar-refractivity contribution in [3.63, 3.8) is 0 Å². The highest BCUT2D eigenvalue weighted by Crippen LogP contribution is 2.02. The number of unbranched alkanes of at least 4 members (excludes halogenated alkanes) is 3. The van der Waals surface area contributed by atoms with Gasteiger partial charge in [-0.1, -0.05) is 26.2 Å². The fourth-order valence-corrected chi connectivity index (χ4v) is 1.37. The number of nitrogens with zero attached hydrogens (tertiary/aromatic N) is 1. The molecule has 0 aliphatic carbocycles. The summed E-state index contributed by atoms with van der Waals surface area (Å²) in [7, 11) is 0. The molecule has 0 spiro atoms. The van der Waals surface area contributed by atoms with E-state index in [0.29, 0.717) is 6.61 Å². The molecule has 4 heteroatoms. The van der Waals surface area contributed by atoms with Crippen molar-refractivity contribution in [1.29, 1.82) is 0 Å². The van der Waals surface area contributed by atoms with Crippen LogP contribution in [0.4, 0.5) is 0 Å². The van der Waals surface area contributed by atoms with Gasteiger partial charge in [0.1, 0.15) is 0 Å². The molecule has 0 amide bonds. The van der Waals surface area contributed by atoms with Crippen LogP contribution in [-0.2, 0) is 9.53 Å². The molecular formula is C13H17NO3. The zero-order valence-corrected chi connectivity index (χ0v) is 10.0. The number of pyridine rings is 1. The van der Waals surface area contributed by atoms with Crippen LogP contribution in [-0.4, -0.2) is 23.3 Å². The lowest BCUT2D eigenvalue weighted by Gasteiger charge is -2.03. The summed E-state index contributed by atoms with van der Waals surface area (Å²) in [5, 5.41) is 0. The van der Waals surface area contributed by atoms with Gasteiger partial charge in [0.25, 0.3) is 5.78 Å². The van der Waals surface area contributed by atoms with Gasteiger partial charge in [-0.2, -0.15) is 0 Å². The van der Waals surface area contributed by atoms with Gasteiger partial charge in [0.15, 0.2) is 0 Å². The topological polar surface area (TPSA) is 56.3 Å². The van der Waals surface area contributed by atoms with Crippen LogP contribution in [0.5, 0.6) is 0 Å². The average Bonchev–Trinajstić information content (AvgIpc) is 2.38. The van der Waals surface area contributed by atoms with E-state index in [1.807, 2.05) is 0 Å². The standard InChI is InChI=1S/C13H17NO3/c1-2-3-4-5-9-17-13(16)12(15)11-7-6-8-14-10-11/h6-8,10H,2-5,9H2,1H3. The summed E-state index contributed by atoms with van der Waals surface area (Å²) < 4.78 is 4.89. The van der Waals surface area contributed by atoms with Crippen molar-refractivity contribution in [2.45, 2.75) is 32.6 Å². The van der Waals surface area contributed by atoms with Gasteiger partial charge in [0, 0.05) is 18.0 Å². The lowest BCUT2D eigenvalue weighted by Crippen LogP contribution is -2.18. The van der Waals surface area contributed by atoms with Crippen molar-refractivity contribution in [2.24, 2.45) is 0 Å². The van der Waals surface area contributed by atoms with Gasteiger partial charge in [-0.15, -0.1) is 0 Å². The maximum atomic E-state index is 11.6. The third-order valence-corrected chi connectivity index (χ3v) is 2.34. The second-order valence-electron chi connectivity index (χ2n) is 3.77. The Morgan fingerprint density at radius 1 is 1.29 bits per heavy atom. The Morgan fingerprint density at radius 3 is 2.76 bits per heavy atom. The summed E-state index contributed by atoms with van der Waals surface area (Å²) >= 11 is 0. The van der Waals surface area contributed by atoms with Gasteiger partial charge in [-0.3, -0.25) is 9.78 Å². The normalized spacial score (nSPS) is 9.94. The summed E-state index contributed by atoms with van der Waals surface area (Å²) in [4.78, 5) is 26.7. The lowest BCUT2D eigenvalue weighted by atomic mass is 10.2. The molecule has 0 radical (unpaired) electrons. The van der Waals surface area contributed by atoms with Crippen molar-refractivity contribution in [2.75, 3.05) is 6.61 Å². The third-order valence-electron chi connectivity index (χ3n) is 2.34. The molecule has 0 fully saturated rings. The number of ether oxygens (including phenoxy) is 1. The maximum Gasteiger partial charge on any atom is 0.379 e. The van der Waals surface area contributed by atoms with Gasteiger partial charge in [0.2, 0.25) is 0 Å². The van der Waals surface area contributed by atoms with Gasteiger partial charge in [0.05, 0.1) is 6.61 Å². The van der Waals surface area contributed by atoms with Gasteiger partial charge in [-0.05, 0) is 18.6 Å². The predicted octanol–water partition coefficient (Wildman–Crippen LogP) is 2.39. The molecule has 0 bridgehead atoms. The van der Waals surface area contributed by atoms with Crippen LogP contribution in [0.25, 0.3) is 0 Å². The molecule has 4 nitrogen and oxygen atoms in total. The lowest BCUT2D eigenvalue weighted by molar-refractivity contribution is -0.138. The van der Waals surface area contributed by atoms with Crippen LogP contribution in [0.2, 0.25) is 0 Å². The fourth-order valence-electron chi connectivity index (χ4n) is 1.37. The minimum absolute atomic E-state index is 0.269. The highest BCUT2D eigenvalue weighted by Gasteiger charge is 2.17. The predicted molar refractivity (Wildman–Crippen MR) is 63.7 cm³/mol. The first-order chi connectivity index (χ1) is 8.25. The van der Waals surface area contributed by atoms with Gasteiger partial charge >= 0.3 is 5.97 Å². The quantitative estimate of drug-likeness (QED) is 0.315. The Hall–Kier alpha value is -1.71. The van der Waals surface area contributed by atoms with E-state index < -0.39 is 11.8 Å². The number of ketones is 1. The first-order valence-corrected chi connectivity index (χ1v) is 5.87. The minimum Gasteiger partial charge on any atom is -0.460 e. The first kappa shape index (κ1) is 13.4. The molecule has 0 unspecified atom stereocenters. The van der Waals surface area contributed by atoms with Gasteiger partial charge < -0.3 is 4.74 Å². The summed E-state index contributed by atoms with van der Waals surface area (Å²) in [6.07, 6.45) is 6.98. The molecule has 0 N–H and O–H groups in total. The largest absolute Gasteiger partial charge is 0.460 e. The number of carbonyl (C=O) groups is 2. The highest BCUT2D eigenvalue weighted by molar-refractivity contribution is 6.40. The second kappa shape index (κ2) is 7.54. The molecule has 0 saturated carbocycles. The number of hydrogen-bond donors (Lipinski definition) is 0. The number of hydrogen-bond acceptors (Lipinski definition) is 4. The van der Waals surface area contributed by atoms with E-state index in [4.69, 9.17) is 4.74 Å². The monoisotopic (exact) mass is 235 g/mol. The van der Waals surface area contributed by atoms with E-state index in [1.54, 1.807) is 18.3 Å². The van der Waals surface area contributed by atoms with Crippen LogP contribution < -0.4 is 0 Å². The number of Topliss-reactive ketones (excluding diaryl/α,β-unsaturated/α-hetero) is 1. The number of aromatic nitrogens is 1. The minimum atomic E-state index is -0.797. The number of rotatable bonds is 7. The molecular weight excluding hydrogens is 218 g/mol. The van der Waals surface area contributed by atoms with E-state index in [2.05, 4.69) is 11.9 Å². The molecule has 1 heterocycles. The SMILES string of the molecule is CCCCCCOC(=O)C(=O)c1cccnc1. The molecule has 0 aromatic carbocycles. The van der Waals surface area contributed by atoms with Crippen molar-refractivity contribution in [3.05, 3.63) is 30.1 Å². The van der Waals surface area contributed by atoms with Crippen LogP contribution in [0.1, 0.15) is 43.0 Å². The molecule has 17 heavy (non-hydrogen) atoms. The Bertz CT molecular complexity index is 362. The molecule has 1 aromatic heterocycles. The number of carbonyl (C=O) groups excluding carboxylic acids is 2. The van der Waals surface area contributed by atoms with E-state index in [9.17, 15) is 9.59 Å². The first-order valence-electron chi connectivity index (χ1n) is 5.87. The van der Waals surface area contributed by atoms with Crippen molar-refractivity contribution >= 4 is 11.8 Å². The molecule has 0 saturated heterocycles. The summed E-state index contributed by atoms with van der Waals surface area (Å²) in [6, 6.07) is 3.16. The molecule has 1 aromatic rings. The summed E-state index contributed by atoms with van der Waals surface area (Å²) in [5.74, 6) is -1.43. The molecule has 0 aliphatic heterocycles. The average molecular weight is 235 g/mol. The van der Waals surface area contributed by atoms with Crippen molar-refractivity contribution in [3.8, 4) is 0 Å². The van der Waals surface area contributed by atoms with E-state index >= 15 is 0 Å². The van der Waals surface area contributed by atoms with E-state index in [1.165, 1.54) is 6.20 Å². The zero-order valence-electron chi connectivity index (χ0n) is 10.0. The molecule has 92 valence electrons. The summed E-state index contributed by atoms with van der Waals surface area (Å²) in [6.45, 7) is 2.42. The Labute approximate surface area is 101 Å². The summed E-state index contributed by atoms with van der Waals surface area (Å²) in [5.41, 5.74) is 0.269. The smallest absolute Gasteiger partial charge is 0.379 e. The molecule has 0 atom stereocenters. The Kier molecular flexibility index (Phi) is 5.93.